The molecule has 9 heteroatoms. The van der Waals surface area contributed by atoms with Crippen molar-refractivity contribution >= 4 is 23.7 Å². The van der Waals surface area contributed by atoms with Gasteiger partial charge in [0.1, 0.15) is 0 Å². The van der Waals surface area contributed by atoms with Gasteiger partial charge in [0.2, 0.25) is 5.91 Å². The molecule has 1 aromatic rings. The van der Waals surface area contributed by atoms with E-state index in [-0.39, 0.29) is 22.9 Å². The van der Waals surface area contributed by atoms with Crippen LogP contribution in [0, 0.1) is 0 Å². The molecule has 0 aliphatic rings. The number of carbonyl (C=O) groups excluding carboxylic acids is 3. The summed E-state index contributed by atoms with van der Waals surface area (Å²) in [6.07, 6.45) is 26.3. The highest BCUT2D eigenvalue weighted by atomic mass is 16.5. The third-order valence-corrected chi connectivity index (χ3v) is 9.23. The molecule has 0 fully saturated rings. The molecule has 1 aromatic carbocycles. The zero-order valence-corrected chi connectivity index (χ0v) is 32.8. The molecule has 1 amide bonds. The molecule has 0 bridgehead atoms. The quantitative estimate of drug-likeness (QED) is 0.0216. The maximum atomic E-state index is 13.4. The Labute approximate surface area is 315 Å². The maximum absolute atomic E-state index is 13.4. The van der Waals surface area contributed by atoms with Crippen LogP contribution in [0.3, 0.4) is 0 Å². The van der Waals surface area contributed by atoms with Crippen LogP contribution in [0.15, 0.2) is 43.5 Å². The highest BCUT2D eigenvalue weighted by molar-refractivity contribution is 6.03. The molecule has 0 atom stereocenters. The Balaban J connectivity index is 2.85. The van der Waals surface area contributed by atoms with E-state index in [1.54, 1.807) is 12.1 Å². The van der Waals surface area contributed by atoms with Gasteiger partial charge < -0.3 is 19.9 Å². The summed E-state index contributed by atoms with van der Waals surface area (Å²) < 4.78 is 11.4. The number of aliphatic hydroxyl groups is 1. The second-order valence-electron chi connectivity index (χ2n) is 13.8. The molecule has 0 aliphatic heterocycles. The van der Waals surface area contributed by atoms with Crippen LogP contribution in [-0.4, -0.2) is 73.1 Å². The van der Waals surface area contributed by atoms with Gasteiger partial charge in [-0.3, -0.25) is 9.69 Å². The first-order valence-corrected chi connectivity index (χ1v) is 20.4. The lowest BCUT2D eigenvalue weighted by atomic mass is 10.0. The summed E-state index contributed by atoms with van der Waals surface area (Å²) in [5.74, 6) is -1.32. The number of amides is 1. The number of ether oxygens (including phenoxy) is 2. The molecule has 0 unspecified atom stereocenters. The van der Waals surface area contributed by atoms with Crippen molar-refractivity contribution in [2.24, 2.45) is 0 Å². The van der Waals surface area contributed by atoms with E-state index in [1.165, 1.54) is 102 Å². The van der Waals surface area contributed by atoms with E-state index in [1.807, 2.05) is 6.07 Å². The van der Waals surface area contributed by atoms with E-state index in [4.69, 9.17) is 9.47 Å². The fourth-order valence-electron chi connectivity index (χ4n) is 6.05. The maximum Gasteiger partial charge on any atom is 0.357 e. The number of nitrogens with one attached hydrogen (secondary N) is 2. The third kappa shape index (κ3) is 23.9. The van der Waals surface area contributed by atoms with E-state index in [0.29, 0.717) is 45.9 Å². The summed E-state index contributed by atoms with van der Waals surface area (Å²) in [7, 11) is 0. The minimum absolute atomic E-state index is 0.0204. The largest absolute Gasteiger partial charge is 0.462 e. The molecule has 52 heavy (non-hydrogen) atoms. The van der Waals surface area contributed by atoms with Gasteiger partial charge in [-0.05, 0) is 36.6 Å². The molecule has 0 heterocycles. The topological polar surface area (TPSA) is 119 Å². The van der Waals surface area contributed by atoms with E-state index in [2.05, 4.69) is 42.2 Å². The summed E-state index contributed by atoms with van der Waals surface area (Å²) in [5.41, 5.74) is 1.22. The Kier molecular flexibility index (Phi) is 28.8. The highest BCUT2D eigenvalue weighted by Crippen LogP contribution is 2.18. The predicted molar refractivity (Wildman–Crippen MR) is 213 cm³/mol. The van der Waals surface area contributed by atoms with Gasteiger partial charge in [-0.15, -0.1) is 0 Å². The average molecular weight is 727 g/mol. The van der Waals surface area contributed by atoms with Crippen molar-refractivity contribution in [3.63, 3.8) is 0 Å². The Morgan fingerprint density at radius 1 is 0.692 bits per heavy atom. The first-order valence-electron chi connectivity index (χ1n) is 20.4. The van der Waals surface area contributed by atoms with Crippen LogP contribution in [-0.2, 0) is 20.8 Å². The van der Waals surface area contributed by atoms with Crippen molar-refractivity contribution in [1.82, 2.24) is 10.2 Å². The van der Waals surface area contributed by atoms with Crippen LogP contribution < -0.4 is 10.3 Å². The number of carbonyl (C=O) groups is 3. The molecule has 0 saturated carbocycles. The zero-order chi connectivity index (χ0) is 38.1. The fourth-order valence-corrected chi connectivity index (χ4v) is 6.05. The average Bonchev–Trinajstić information content (AvgIpc) is 3.15. The smallest absolute Gasteiger partial charge is 0.357 e. The first-order chi connectivity index (χ1) is 25.4. The zero-order valence-electron chi connectivity index (χ0n) is 32.8. The van der Waals surface area contributed by atoms with Crippen LogP contribution in [0.5, 0.6) is 0 Å². The summed E-state index contributed by atoms with van der Waals surface area (Å²) in [4.78, 5) is 43.4. The number of hydrogen-bond donors (Lipinski definition) is 3. The van der Waals surface area contributed by atoms with Gasteiger partial charge in [0, 0.05) is 25.7 Å². The highest BCUT2D eigenvalue weighted by Gasteiger charge is 2.21. The molecule has 0 aliphatic carbocycles. The molecule has 294 valence electrons. The molecular formula is C43H72N3O6+. The molecule has 0 spiro atoms. The number of esters is 2. The number of nitrogens with zero attached hydrogens (tertiary/aromatic N) is 1. The van der Waals surface area contributed by atoms with Crippen molar-refractivity contribution < 1.29 is 34.0 Å². The molecule has 1 rings (SSSR count). The van der Waals surface area contributed by atoms with Gasteiger partial charge in [-0.2, -0.15) is 0 Å². The van der Waals surface area contributed by atoms with Crippen LogP contribution in [0.1, 0.15) is 169 Å². The Morgan fingerprint density at radius 2 is 1.17 bits per heavy atom. The second kappa shape index (κ2) is 32.2. The minimum Gasteiger partial charge on any atom is -0.462 e. The van der Waals surface area contributed by atoms with Gasteiger partial charge in [-0.25, -0.2) is 14.6 Å². The first kappa shape index (κ1) is 46.6. The minimum atomic E-state index is -0.527. The number of aliphatic hydroxyl groups excluding tert-OH is 1. The van der Waals surface area contributed by atoms with Crippen molar-refractivity contribution in [3.8, 4) is 0 Å². The van der Waals surface area contributed by atoms with E-state index in [0.717, 1.165) is 44.1 Å². The van der Waals surface area contributed by atoms with Crippen molar-refractivity contribution in [1.29, 1.82) is 0 Å². The lowest BCUT2D eigenvalue weighted by Crippen LogP contribution is -2.74. The Hall–Kier alpha value is -3.46. The Bertz CT molecular complexity index is 1170. The van der Waals surface area contributed by atoms with Crippen molar-refractivity contribution in [2.45, 2.75) is 149 Å². The lowest BCUT2D eigenvalue weighted by Gasteiger charge is -2.21. The van der Waals surface area contributed by atoms with Crippen LogP contribution in [0.25, 0.3) is 0 Å². The number of benzene rings is 1. The van der Waals surface area contributed by atoms with Crippen molar-refractivity contribution in [2.75, 3.05) is 39.4 Å². The van der Waals surface area contributed by atoms with Gasteiger partial charge in [0.25, 0.3) is 0 Å². The Morgan fingerprint density at radius 3 is 1.65 bits per heavy atom. The monoisotopic (exact) mass is 727 g/mol. The van der Waals surface area contributed by atoms with Crippen LogP contribution in [0.4, 0.5) is 0 Å². The second-order valence-corrected chi connectivity index (χ2v) is 13.8. The summed E-state index contributed by atoms with van der Waals surface area (Å²) in [5, 5.41) is 12.6. The predicted octanol–water partition coefficient (Wildman–Crippen LogP) is 8.17. The fraction of sp³-hybridized carbons (Fsp3) is 0.674. The summed E-state index contributed by atoms with van der Waals surface area (Å²) in [6.45, 7) is 14.4. The molecule has 3 N–H and O–H groups in total. The van der Waals surface area contributed by atoms with Gasteiger partial charge in [0.05, 0.1) is 30.9 Å². The molecule has 0 aromatic heterocycles. The number of rotatable bonds is 34. The number of hydrogen-bond acceptors (Lipinski definition) is 6. The van der Waals surface area contributed by atoms with Crippen LogP contribution >= 0.6 is 0 Å². The molecular weight excluding hydrogens is 654 g/mol. The molecule has 9 nitrogen and oxygen atoms in total. The van der Waals surface area contributed by atoms with E-state index in [9.17, 15) is 19.5 Å². The normalized spacial score (nSPS) is 11.4. The van der Waals surface area contributed by atoms with Gasteiger partial charge in [-0.1, -0.05) is 149 Å². The molecule has 0 radical (unpaired) electrons. The SMILES string of the molecule is C=CC(=O)NCCN(CC[NH+]=C(O)C=C)Cc1ccc(C(=O)OCCCCCCCCCCCC)c(C(=O)OCCCCCCCCCCCC)c1. The standard InChI is InChI=1S/C43H71N3O6/c1-5-9-11-13-15-17-19-21-23-25-33-51-42(49)38-28-27-37(36-46(31-29-44-40(47)7-3)32-30-45-41(48)8-4)35-39(38)43(50)52-34-26-24-22-20-18-16-14-12-10-6-2/h7-8,27-28,35H,3-6,9-26,29-34,36H2,1-2H3,(H,44,47)(H,45,48)/p+1. The van der Waals surface area contributed by atoms with E-state index < -0.39 is 11.9 Å². The number of unbranched alkanes of at least 4 members (excludes halogenated alkanes) is 18. The lowest BCUT2D eigenvalue weighted by molar-refractivity contribution is -0.465. The van der Waals surface area contributed by atoms with Gasteiger partial charge >= 0.3 is 17.8 Å². The van der Waals surface area contributed by atoms with Crippen molar-refractivity contribution in [3.05, 3.63) is 60.2 Å². The third-order valence-electron chi connectivity index (χ3n) is 9.23. The molecule has 0 saturated heterocycles. The van der Waals surface area contributed by atoms with Crippen LogP contribution in [0.2, 0.25) is 0 Å². The summed E-state index contributed by atoms with van der Waals surface area (Å²) in [6, 6.07) is 5.20. The van der Waals surface area contributed by atoms with E-state index >= 15 is 0 Å². The summed E-state index contributed by atoms with van der Waals surface area (Å²) >= 11 is 0. The van der Waals surface area contributed by atoms with Gasteiger partial charge in [0.15, 0.2) is 6.54 Å².